The van der Waals surface area contributed by atoms with Gasteiger partial charge in [0.2, 0.25) is 0 Å². The molecule has 1 aromatic carbocycles. The van der Waals surface area contributed by atoms with E-state index in [1.165, 1.54) is 25.3 Å². The maximum absolute atomic E-state index is 16.2. The van der Waals surface area contributed by atoms with E-state index in [0.717, 1.165) is 18.2 Å². The van der Waals surface area contributed by atoms with Gasteiger partial charge < -0.3 is 4.90 Å². The van der Waals surface area contributed by atoms with Crippen molar-refractivity contribution in [3.63, 3.8) is 0 Å². The first-order chi connectivity index (χ1) is 16.3. The minimum atomic E-state index is -3.46. The number of amides is 1. The molecule has 0 radical (unpaired) electrons. The van der Waals surface area contributed by atoms with Gasteiger partial charge in [0.25, 0.3) is 5.91 Å². The van der Waals surface area contributed by atoms with E-state index in [1.54, 1.807) is 0 Å². The first-order valence-corrected chi connectivity index (χ1v) is 9.14. The standard InChI is InChI=1S/C22H25ClF2N2O/c1-2-16-5-7-18(26-15-16)4-3-9-22(25)10-12-27(13-11-22)21(28)17-6-8-20(24)19(23)14-17/h5-8,14-15H,2-4,9-13H2,1H3/i2D2,9D2,10D2,12D2. The van der Waals surface area contributed by atoms with Crippen LogP contribution in [0.15, 0.2) is 36.5 Å². The number of alkyl halides is 1. The zero-order valence-corrected chi connectivity index (χ0v) is 16.0. The van der Waals surface area contributed by atoms with E-state index in [4.69, 9.17) is 22.6 Å². The highest BCUT2D eigenvalue weighted by Crippen LogP contribution is 2.32. The van der Waals surface area contributed by atoms with Crippen LogP contribution in [0.4, 0.5) is 8.78 Å². The summed E-state index contributed by atoms with van der Waals surface area (Å²) in [5, 5.41) is -0.394. The molecule has 1 saturated heterocycles. The predicted molar refractivity (Wildman–Crippen MR) is 107 cm³/mol. The summed E-state index contributed by atoms with van der Waals surface area (Å²) >= 11 is 5.70. The molecule has 28 heavy (non-hydrogen) atoms. The fourth-order valence-corrected chi connectivity index (χ4v) is 2.90. The lowest BCUT2D eigenvalue weighted by Crippen LogP contribution is -2.44. The first kappa shape index (κ1) is 12.5. The van der Waals surface area contributed by atoms with Crippen LogP contribution >= 0.6 is 11.6 Å². The molecule has 0 aliphatic carbocycles. The maximum atomic E-state index is 16.2. The molecule has 1 amide bonds. The van der Waals surface area contributed by atoms with Crippen LogP contribution in [0.2, 0.25) is 5.02 Å². The van der Waals surface area contributed by atoms with Gasteiger partial charge in [-0.3, -0.25) is 9.78 Å². The summed E-state index contributed by atoms with van der Waals surface area (Å²) in [6.45, 7) is -2.53. The van der Waals surface area contributed by atoms with Crippen LogP contribution in [0.25, 0.3) is 0 Å². The zero-order valence-electron chi connectivity index (χ0n) is 23.2. The zero-order chi connectivity index (χ0) is 27.3. The fraction of sp³-hybridized carbons (Fsp3) is 0.455. The number of benzene rings is 1. The molecular weight excluding hydrogens is 382 g/mol. The molecule has 0 saturated carbocycles. The lowest BCUT2D eigenvalue weighted by Gasteiger charge is -2.36. The Balaban J connectivity index is 1.84. The van der Waals surface area contributed by atoms with Crippen molar-refractivity contribution in [2.45, 2.75) is 51.0 Å². The number of aromatic nitrogens is 1. The van der Waals surface area contributed by atoms with Gasteiger partial charge in [-0.1, -0.05) is 24.6 Å². The Hall–Kier alpha value is -2.01. The predicted octanol–water partition coefficient (Wildman–Crippen LogP) is 5.40. The van der Waals surface area contributed by atoms with Crippen LogP contribution in [0.5, 0.6) is 0 Å². The second-order valence-corrected chi connectivity index (χ2v) is 6.75. The number of likely N-dealkylation sites (tertiary alicyclic amines) is 1. The maximum Gasteiger partial charge on any atom is 0.253 e. The van der Waals surface area contributed by atoms with Crippen molar-refractivity contribution in [2.75, 3.05) is 13.0 Å². The number of piperidine rings is 1. The average molecular weight is 415 g/mol. The molecule has 1 aliphatic rings. The highest BCUT2D eigenvalue weighted by atomic mass is 35.5. The Morgan fingerprint density at radius 1 is 1.43 bits per heavy atom. The van der Waals surface area contributed by atoms with Crippen molar-refractivity contribution in [1.82, 2.24) is 9.88 Å². The molecule has 1 fully saturated rings. The Kier molecular flexibility index (Phi) is 4.02. The van der Waals surface area contributed by atoms with Crippen molar-refractivity contribution < 1.29 is 24.5 Å². The third-order valence-corrected chi connectivity index (χ3v) is 4.67. The molecule has 1 aliphatic heterocycles. The van der Waals surface area contributed by atoms with Gasteiger partial charge in [0.05, 0.1) is 5.02 Å². The number of aryl methyl sites for hydroxylation is 2. The summed E-state index contributed by atoms with van der Waals surface area (Å²) in [5.41, 5.74) is -2.89. The largest absolute Gasteiger partial charge is 0.338 e. The van der Waals surface area contributed by atoms with Crippen LogP contribution in [-0.2, 0) is 12.8 Å². The molecule has 2 heterocycles. The van der Waals surface area contributed by atoms with Gasteiger partial charge in [-0.15, -0.1) is 0 Å². The lowest BCUT2D eigenvalue weighted by molar-refractivity contribution is 0.0389. The fourth-order valence-electron chi connectivity index (χ4n) is 2.72. The molecule has 3 nitrogen and oxygen atoms in total. The smallest absolute Gasteiger partial charge is 0.253 e. The van der Waals surface area contributed by atoms with Crippen molar-refractivity contribution in [3.05, 3.63) is 64.2 Å². The monoisotopic (exact) mass is 414 g/mol. The third kappa shape index (κ3) is 5.07. The second-order valence-electron chi connectivity index (χ2n) is 6.34. The minimum absolute atomic E-state index is 0.110. The highest BCUT2D eigenvalue weighted by Gasteiger charge is 2.35. The van der Waals surface area contributed by atoms with E-state index in [9.17, 15) is 9.18 Å². The number of halogens is 3. The number of pyridine rings is 1. The highest BCUT2D eigenvalue weighted by molar-refractivity contribution is 6.31. The second kappa shape index (κ2) is 8.99. The summed E-state index contributed by atoms with van der Waals surface area (Å²) < 4.78 is 95.1. The molecule has 1 atom stereocenters. The van der Waals surface area contributed by atoms with Gasteiger partial charge in [0.15, 0.2) is 0 Å². The number of carbonyl (C=O) groups is 1. The number of nitrogens with zero attached hydrogens (tertiary/aromatic N) is 2. The van der Waals surface area contributed by atoms with Gasteiger partial charge in [0, 0.05) is 41.5 Å². The third-order valence-electron chi connectivity index (χ3n) is 4.38. The van der Waals surface area contributed by atoms with Gasteiger partial charge in [-0.2, -0.15) is 0 Å². The van der Waals surface area contributed by atoms with E-state index in [2.05, 4.69) is 4.98 Å². The Bertz CT molecular complexity index is 1140. The van der Waals surface area contributed by atoms with Crippen LogP contribution in [-0.4, -0.2) is 34.5 Å². The van der Waals surface area contributed by atoms with E-state index < -0.39 is 67.4 Å². The van der Waals surface area contributed by atoms with Gasteiger partial charge in [-0.05, 0) is 68.2 Å². The molecule has 1 aromatic heterocycles. The summed E-state index contributed by atoms with van der Waals surface area (Å²) in [5.74, 6) is -1.84. The molecule has 0 spiro atoms. The van der Waals surface area contributed by atoms with Gasteiger partial charge >= 0.3 is 0 Å². The van der Waals surface area contributed by atoms with E-state index in [0.29, 0.717) is 16.2 Å². The lowest BCUT2D eigenvalue weighted by atomic mass is 9.87. The molecule has 6 heteroatoms. The minimum Gasteiger partial charge on any atom is -0.338 e. The van der Waals surface area contributed by atoms with Crippen molar-refractivity contribution in [1.29, 1.82) is 0 Å². The molecule has 0 bridgehead atoms. The Morgan fingerprint density at radius 2 is 2.25 bits per heavy atom. The Morgan fingerprint density at radius 3 is 2.93 bits per heavy atom. The van der Waals surface area contributed by atoms with Crippen LogP contribution in [0.1, 0.15) is 65.1 Å². The Labute approximate surface area is 181 Å². The van der Waals surface area contributed by atoms with Crippen LogP contribution in [0.3, 0.4) is 0 Å². The summed E-state index contributed by atoms with van der Waals surface area (Å²) in [7, 11) is 0. The number of rotatable bonds is 6. The molecule has 3 rings (SSSR count). The van der Waals surface area contributed by atoms with Crippen LogP contribution in [0, 0.1) is 5.82 Å². The number of hydrogen-bond acceptors (Lipinski definition) is 2. The molecular formula is C22H25ClF2N2O. The summed E-state index contributed by atoms with van der Waals surface area (Å²) in [4.78, 5) is 17.5. The van der Waals surface area contributed by atoms with Crippen molar-refractivity contribution >= 4 is 17.5 Å². The number of carbonyl (C=O) groups excluding carboxylic acids is 1. The molecule has 2 aromatic rings. The van der Waals surface area contributed by atoms with Crippen LogP contribution < -0.4 is 0 Å². The summed E-state index contributed by atoms with van der Waals surface area (Å²) in [6, 6.07) is 5.86. The quantitative estimate of drug-likeness (QED) is 0.633. The average Bonchev–Trinajstić information content (AvgIpc) is 2.77. The first-order valence-electron chi connectivity index (χ1n) is 12.8. The van der Waals surface area contributed by atoms with Crippen molar-refractivity contribution in [2.24, 2.45) is 0 Å². The van der Waals surface area contributed by atoms with Gasteiger partial charge in [-0.25, -0.2) is 8.78 Å². The van der Waals surface area contributed by atoms with E-state index in [1.807, 2.05) is 0 Å². The van der Waals surface area contributed by atoms with E-state index >= 15 is 4.39 Å². The number of hydrogen-bond donors (Lipinski definition) is 0. The molecule has 0 N–H and O–H groups in total. The normalized spacial score (nSPS) is 28.5. The molecule has 1 unspecified atom stereocenters. The van der Waals surface area contributed by atoms with Gasteiger partial charge in [0.1, 0.15) is 11.5 Å². The van der Waals surface area contributed by atoms with E-state index in [-0.39, 0.29) is 12.0 Å². The topological polar surface area (TPSA) is 33.2 Å². The SMILES string of the molecule is [2H]C([2H])(C)c1ccc(CCC([2H])([2H])C2(F)CCN(C(=O)c3ccc(F)c(Cl)c3)C([2H])([2H])C2([2H])[2H])nc1. The molecule has 150 valence electrons. The van der Waals surface area contributed by atoms with Crippen molar-refractivity contribution in [3.8, 4) is 0 Å². The summed E-state index contributed by atoms with van der Waals surface area (Å²) in [6.07, 6.45) is -8.12.